The van der Waals surface area contributed by atoms with E-state index in [-0.39, 0.29) is 25.0 Å². The lowest BCUT2D eigenvalue weighted by Gasteiger charge is -2.30. The molecule has 1 atom stereocenters. The minimum atomic E-state index is -0.600. The first-order valence-corrected chi connectivity index (χ1v) is 9.38. The molecule has 0 bridgehead atoms. The Morgan fingerprint density at radius 2 is 1.86 bits per heavy atom. The molecule has 0 aliphatic rings. The molecule has 150 valence electrons. The lowest BCUT2D eigenvalue weighted by atomic mass is 10.1. The lowest BCUT2D eigenvalue weighted by Crippen LogP contribution is -2.49. The van der Waals surface area contributed by atoms with Crippen LogP contribution in [0.3, 0.4) is 0 Å². The Kier molecular flexibility index (Phi) is 8.14. The Morgan fingerprint density at radius 1 is 1.14 bits per heavy atom. The molecule has 2 aromatic carbocycles. The molecule has 0 unspecified atom stereocenters. The van der Waals surface area contributed by atoms with E-state index in [2.05, 4.69) is 5.32 Å². The number of hydrogen-bond acceptors (Lipinski definition) is 4. The van der Waals surface area contributed by atoms with Gasteiger partial charge in [-0.15, -0.1) is 0 Å². The summed E-state index contributed by atoms with van der Waals surface area (Å²) in [5, 5.41) is 3.21. The number of benzene rings is 2. The van der Waals surface area contributed by atoms with Crippen LogP contribution in [-0.2, 0) is 16.1 Å². The summed E-state index contributed by atoms with van der Waals surface area (Å²) in [7, 11) is 3.14. The van der Waals surface area contributed by atoms with Crippen molar-refractivity contribution < 1.29 is 19.1 Å². The summed E-state index contributed by atoms with van der Waals surface area (Å²) in [6.45, 7) is 1.96. The first-order chi connectivity index (χ1) is 13.5. The van der Waals surface area contributed by atoms with Crippen molar-refractivity contribution in [3.63, 3.8) is 0 Å². The number of amides is 2. The Labute approximate surface area is 170 Å². The van der Waals surface area contributed by atoms with Gasteiger partial charge in [0.25, 0.3) is 5.91 Å². The fourth-order valence-corrected chi connectivity index (χ4v) is 2.94. The number of nitrogens with one attached hydrogen (secondary N) is 1. The zero-order valence-electron chi connectivity index (χ0n) is 16.3. The SMILES string of the molecule is CC[C@@H](C(=O)NC)N(Cc1cccc(OC)c1)C(=O)COc1ccc(Cl)cc1. The minimum Gasteiger partial charge on any atom is -0.497 e. The second-order valence-corrected chi connectivity index (χ2v) is 6.59. The van der Waals surface area contributed by atoms with Crippen LogP contribution in [0, 0.1) is 0 Å². The highest BCUT2D eigenvalue weighted by Gasteiger charge is 2.28. The predicted octanol–water partition coefficient (Wildman–Crippen LogP) is 3.28. The molecule has 0 radical (unpaired) electrons. The highest BCUT2D eigenvalue weighted by atomic mass is 35.5. The third kappa shape index (κ3) is 5.89. The van der Waals surface area contributed by atoms with Crippen molar-refractivity contribution in [1.82, 2.24) is 10.2 Å². The van der Waals surface area contributed by atoms with Crippen LogP contribution in [0.5, 0.6) is 11.5 Å². The number of carbonyl (C=O) groups is 2. The monoisotopic (exact) mass is 404 g/mol. The van der Waals surface area contributed by atoms with E-state index in [1.807, 2.05) is 31.2 Å². The number of rotatable bonds is 9. The number of halogens is 1. The van der Waals surface area contributed by atoms with E-state index in [9.17, 15) is 9.59 Å². The minimum absolute atomic E-state index is 0.181. The van der Waals surface area contributed by atoms with Crippen molar-refractivity contribution in [2.24, 2.45) is 0 Å². The van der Waals surface area contributed by atoms with Gasteiger partial charge in [-0.2, -0.15) is 0 Å². The highest BCUT2D eigenvalue weighted by molar-refractivity contribution is 6.30. The Balaban J connectivity index is 2.19. The maximum Gasteiger partial charge on any atom is 0.261 e. The summed E-state index contributed by atoms with van der Waals surface area (Å²) >= 11 is 5.87. The molecule has 2 rings (SSSR count). The molecule has 0 heterocycles. The molecule has 0 saturated heterocycles. The largest absolute Gasteiger partial charge is 0.497 e. The second kappa shape index (κ2) is 10.6. The first-order valence-electron chi connectivity index (χ1n) is 9.00. The molecule has 0 spiro atoms. The van der Waals surface area contributed by atoms with E-state index in [1.165, 1.54) is 4.90 Å². The molecule has 1 N–H and O–H groups in total. The molecule has 0 aliphatic heterocycles. The van der Waals surface area contributed by atoms with Gasteiger partial charge in [-0.1, -0.05) is 30.7 Å². The van der Waals surface area contributed by atoms with E-state index in [0.29, 0.717) is 22.9 Å². The number of methoxy groups -OCH3 is 1. The molecule has 28 heavy (non-hydrogen) atoms. The normalized spacial score (nSPS) is 11.4. The van der Waals surface area contributed by atoms with Gasteiger partial charge in [0.15, 0.2) is 6.61 Å². The molecule has 2 amide bonds. The van der Waals surface area contributed by atoms with Crippen molar-refractivity contribution >= 4 is 23.4 Å². The molecule has 0 aromatic heterocycles. The molecular weight excluding hydrogens is 380 g/mol. The van der Waals surface area contributed by atoms with Gasteiger partial charge in [-0.3, -0.25) is 9.59 Å². The van der Waals surface area contributed by atoms with Gasteiger partial charge in [0, 0.05) is 18.6 Å². The quantitative estimate of drug-likeness (QED) is 0.696. The van der Waals surface area contributed by atoms with Gasteiger partial charge in [0.05, 0.1) is 7.11 Å². The van der Waals surface area contributed by atoms with Gasteiger partial charge in [-0.05, 0) is 48.4 Å². The van der Waals surface area contributed by atoms with Crippen molar-refractivity contribution in [2.45, 2.75) is 25.9 Å². The highest BCUT2D eigenvalue weighted by Crippen LogP contribution is 2.19. The number of hydrogen-bond donors (Lipinski definition) is 1. The van der Waals surface area contributed by atoms with Gasteiger partial charge in [0.2, 0.25) is 5.91 Å². The van der Waals surface area contributed by atoms with E-state index in [1.54, 1.807) is 38.4 Å². The molecule has 0 fully saturated rings. The van der Waals surface area contributed by atoms with Crippen LogP contribution in [0.25, 0.3) is 0 Å². The summed E-state index contributed by atoms with van der Waals surface area (Å²) in [5.74, 6) is 0.723. The van der Waals surface area contributed by atoms with Gasteiger partial charge in [-0.25, -0.2) is 0 Å². The summed E-state index contributed by atoms with van der Waals surface area (Å²) in [6.07, 6.45) is 0.482. The van der Waals surface area contributed by atoms with Gasteiger partial charge < -0.3 is 19.7 Å². The molecule has 0 saturated carbocycles. The molecule has 0 aliphatic carbocycles. The van der Waals surface area contributed by atoms with Crippen LogP contribution < -0.4 is 14.8 Å². The molecule has 6 nitrogen and oxygen atoms in total. The zero-order chi connectivity index (χ0) is 20.5. The fraction of sp³-hybridized carbons (Fsp3) is 0.333. The number of nitrogens with zero attached hydrogens (tertiary/aromatic N) is 1. The molecule has 7 heteroatoms. The number of carbonyl (C=O) groups excluding carboxylic acids is 2. The molecular formula is C21H25ClN2O4. The van der Waals surface area contributed by atoms with Crippen LogP contribution in [0.4, 0.5) is 0 Å². The number of likely N-dealkylation sites (N-methyl/N-ethyl adjacent to an activating group) is 1. The molecule has 2 aromatic rings. The zero-order valence-corrected chi connectivity index (χ0v) is 17.0. The Hall–Kier alpha value is -2.73. The van der Waals surface area contributed by atoms with Crippen molar-refractivity contribution in [3.05, 3.63) is 59.1 Å². The Bertz CT molecular complexity index is 795. The smallest absolute Gasteiger partial charge is 0.261 e. The van der Waals surface area contributed by atoms with E-state index in [4.69, 9.17) is 21.1 Å². The van der Waals surface area contributed by atoms with Gasteiger partial charge >= 0.3 is 0 Å². The topological polar surface area (TPSA) is 67.9 Å². The predicted molar refractivity (Wildman–Crippen MR) is 109 cm³/mol. The van der Waals surface area contributed by atoms with Crippen LogP contribution in [0.1, 0.15) is 18.9 Å². The summed E-state index contributed by atoms with van der Waals surface area (Å²) in [6, 6.07) is 13.6. The summed E-state index contributed by atoms with van der Waals surface area (Å²) in [4.78, 5) is 26.8. The van der Waals surface area contributed by atoms with Crippen molar-refractivity contribution in [1.29, 1.82) is 0 Å². The third-order valence-corrected chi connectivity index (χ3v) is 4.55. The van der Waals surface area contributed by atoms with Crippen LogP contribution in [0.2, 0.25) is 5.02 Å². The van der Waals surface area contributed by atoms with E-state index < -0.39 is 6.04 Å². The van der Waals surface area contributed by atoms with Crippen LogP contribution in [-0.4, -0.2) is 43.5 Å². The summed E-state index contributed by atoms with van der Waals surface area (Å²) in [5.41, 5.74) is 0.863. The van der Waals surface area contributed by atoms with Crippen LogP contribution >= 0.6 is 11.6 Å². The lowest BCUT2D eigenvalue weighted by molar-refractivity contribution is -0.142. The average molecular weight is 405 g/mol. The van der Waals surface area contributed by atoms with Gasteiger partial charge in [0.1, 0.15) is 17.5 Å². The van der Waals surface area contributed by atoms with Crippen LogP contribution in [0.15, 0.2) is 48.5 Å². The maximum atomic E-state index is 12.9. The average Bonchev–Trinajstić information content (AvgIpc) is 2.72. The first kappa shape index (κ1) is 21.6. The third-order valence-electron chi connectivity index (χ3n) is 4.30. The summed E-state index contributed by atoms with van der Waals surface area (Å²) < 4.78 is 10.8. The number of ether oxygens (including phenoxy) is 2. The van der Waals surface area contributed by atoms with Crippen molar-refractivity contribution in [3.8, 4) is 11.5 Å². The van der Waals surface area contributed by atoms with E-state index >= 15 is 0 Å². The Morgan fingerprint density at radius 3 is 2.46 bits per heavy atom. The standard InChI is InChI=1S/C21H25ClN2O4/c1-4-19(21(26)23-2)24(13-15-6-5-7-18(12-15)27-3)20(25)14-28-17-10-8-16(22)9-11-17/h5-12,19H,4,13-14H2,1-3H3,(H,23,26)/t19-/m0/s1. The maximum absolute atomic E-state index is 12.9. The van der Waals surface area contributed by atoms with E-state index in [0.717, 1.165) is 5.56 Å². The van der Waals surface area contributed by atoms with Crippen molar-refractivity contribution in [2.75, 3.05) is 20.8 Å². The fourth-order valence-electron chi connectivity index (χ4n) is 2.81. The second-order valence-electron chi connectivity index (χ2n) is 6.15.